The van der Waals surface area contributed by atoms with Crippen LogP contribution in [0.5, 0.6) is 0 Å². The Morgan fingerprint density at radius 3 is 2.67 bits per heavy atom. The Hall–Kier alpha value is -1.16. The van der Waals surface area contributed by atoms with Gasteiger partial charge in [-0.3, -0.25) is 0 Å². The second-order valence-electron chi connectivity index (χ2n) is 5.56. The Kier molecular flexibility index (Phi) is 3.46. The number of rotatable bonds is 1. The van der Waals surface area contributed by atoms with Crippen LogP contribution in [-0.4, -0.2) is 29.3 Å². The Bertz CT molecular complexity index is 410. The molecule has 0 radical (unpaired) electrons. The summed E-state index contributed by atoms with van der Waals surface area (Å²) in [7, 11) is 0. The molecule has 4 heteroatoms. The fourth-order valence-electron chi connectivity index (χ4n) is 2.94. The SMILES string of the molecule is NC1CCN(c2cc3c(nn2)CCCCC3)CC1. The van der Waals surface area contributed by atoms with E-state index >= 15 is 0 Å². The van der Waals surface area contributed by atoms with Gasteiger partial charge in [-0.1, -0.05) is 6.42 Å². The molecule has 1 saturated heterocycles. The lowest BCUT2D eigenvalue weighted by Crippen LogP contribution is -2.40. The topological polar surface area (TPSA) is 55.0 Å². The molecule has 1 aliphatic carbocycles. The molecule has 2 aliphatic rings. The monoisotopic (exact) mass is 246 g/mol. The Morgan fingerprint density at radius 2 is 1.83 bits per heavy atom. The van der Waals surface area contributed by atoms with Gasteiger partial charge in [0.05, 0.1) is 5.69 Å². The molecule has 18 heavy (non-hydrogen) atoms. The lowest BCUT2D eigenvalue weighted by molar-refractivity contribution is 0.497. The van der Waals surface area contributed by atoms with E-state index in [-0.39, 0.29) is 0 Å². The summed E-state index contributed by atoms with van der Waals surface area (Å²) in [6.45, 7) is 2.04. The first-order valence-electron chi connectivity index (χ1n) is 7.19. The molecule has 0 unspecified atom stereocenters. The Balaban J connectivity index is 1.79. The predicted molar refractivity (Wildman–Crippen MR) is 72.7 cm³/mol. The van der Waals surface area contributed by atoms with Crippen molar-refractivity contribution in [2.75, 3.05) is 18.0 Å². The standard InChI is InChI=1S/C14H22N4/c15-12-6-8-18(9-7-12)14-10-11-4-2-1-3-5-13(11)16-17-14/h10,12H,1-9,15H2. The van der Waals surface area contributed by atoms with Gasteiger partial charge in [-0.05, 0) is 50.2 Å². The third-order valence-electron chi connectivity index (χ3n) is 4.17. The Labute approximate surface area is 109 Å². The maximum Gasteiger partial charge on any atom is 0.151 e. The first kappa shape index (κ1) is 11.9. The molecule has 0 bridgehead atoms. The smallest absolute Gasteiger partial charge is 0.151 e. The molecule has 0 atom stereocenters. The Morgan fingerprint density at radius 1 is 1.06 bits per heavy atom. The van der Waals surface area contributed by atoms with Crippen molar-refractivity contribution in [2.45, 2.75) is 51.0 Å². The van der Waals surface area contributed by atoms with Gasteiger partial charge in [-0.2, -0.15) is 5.10 Å². The fourth-order valence-corrected chi connectivity index (χ4v) is 2.94. The summed E-state index contributed by atoms with van der Waals surface area (Å²) in [5.74, 6) is 1.06. The van der Waals surface area contributed by atoms with Crippen molar-refractivity contribution in [1.82, 2.24) is 10.2 Å². The van der Waals surface area contributed by atoms with Crippen molar-refractivity contribution in [2.24, 2.45) is 5.73 Å². The molecule has 1 aromatic rings. The number of nitrogens with zero attached hydrogens (tertiary/aromatic N) is 3. The summed E-state index contributed by atoms with van der Waals surface area (Å²) in [6, 6.07) is 2.64. The van der Waals surface area contributed by atoms with Gasteiger partial charge in [0.15, 0.2) is 5.82 Å². The molecule has 0 amide bonds. The summed E-state index contributed by atoms with van der Waals surface area (Å²) < 4.78 is 0. The molecule has 0 aromatic carbocycles. The minimum absolute atomic E-state index is 0.370. The van der Waals surface area contributed by atoms with Crippen molar-refractivity contribution in [1.29, 1.82) is 0 Å². The number of aryl methyl sites for hydroxylation is 2. The summed E-state index contributed by atoms with van der Waals surface area (Å²) >= 11 is 0. The lowest BCUT2D eigenvalue weighted by Gasteiger charge is -2.31. The number of hydrogen-bond donors (Lipinski definition) is 1. The number of nitrogens with two attached hydrogens (primary N) is 1. The third kappa shape index (κ3) is 2.48. The van der Waals surface area contributed by atoms with E-state index < -0.39 is 0 Å². The van der Waals surface area contributed by atoms with Crippen molar-refractivity contribution in [3.63, 3.8) is 0 Å². The van der Waals surface area contributed by atoms with Crippen molar-refractivity contribution >= 4 is 5.82 Å². The van der Waals surface area contributed by atoms with E-state index in [1.165, 1.54) is 36.9 Å². The van der Waals surface area contributed by atoms with Crippen molar-refractivity contribution in [3.05, 3.63) is 17.3 Å². The van der Waals surface area contributed by atoms with E-state index in [9.17, 15) is 0 Å². The van der Waals surface area contributed by atoms with Crippen LogP contribution in [0.4, 0.5) is 5.82 Å². The molecular formula is C14H22N4. The van der Waals surface area contributed by atoms with E-state index in [0.717, 1.165) is 38.2 Å². The maximum absolute atomic E-state index is 5.94. The van der Waals surface area contributed by atoms with Gasteiger partial charge in [0.2, 0.25) is 0 Å². The fraction of sp³-hybridized carbons (Fsp3) is 0.714. The molecule has 4 nitrogen and oxygen atoms in total. The van der Waals surface area contributed by atoms with Crippen LogP contribution in [0.1, 0.15) is 43.4 Å². The van der Waals surface area contributed by atoms with Gasteiger partial charge in [-0.15, -0.1) is 5.10 Å². The summed E-state index contributed by atoms with van der Waals surface area (Å²) in [5, 5.41) is 8.87. The highest BCUT2D eigenvalue weighted by atomic mass is 15.3. The van der Waals surface area contributed by atoms with E-state index in [2.05, 4.69) is 21.2 Å². The van der Waals surface area contributed by atoms with Crippen LogP contribution < -0.4 is 10.6 Å². The molecule has 2 N–H and O–H groups in total. The third-order valence-corrected chi connectivity index (χ3v) is 4.17. The minimum atomic E-state index is 0.370. The van der Waals surface area contributed by atoms with Gasteiger partial charge in [-0.25, -0.2) is 0 Å². The van der Waals surface area contributed by atoms with Gasteiger partial charge in [0, 0.05) is 19.1 Å². The average molecular weight is 246 g/mol. The molecule has 1 fully saturated rings. The predicted octanol–water partition coefficient (Wildman–Crippen LogP) is 1.67. The van der Waals surface area contributed by atoms with Crippen molar-refractivity contribution < 1.29 is 0 Å². The lowest BCUT2D eigenvalue weighted by atomic mass is 10.1. The normalized spacial score (nSPS) is 21.5. The number of fused-ring (bicyclic) bond motifs is 1. The zero-order valence-electron chi connectivity index (χ0n) is 10.9. The maximum atomic E-state index is 5.94. The first-order chi connectivity index (χ1) is 8.83. The molecule has 1 aliphatic heterocycles. The van der Waals surface area contributed by atoms with Crippen LogP contribution in [0, 0.1) is 0 Å². The number of aromatic nitrogens is 2. The van der Waals surface area contributed by atoms with Crippen LogP contribution in [0.25, 0.3) is 0 Å². The highest BCUT2D eigenvalue weighted by Gasteiger charge is 2.19. The quantitative estimate of drug-likeness (QED) is 0.766. The van der Waals surface area contributed by atoms with E-state index in [0.29, 0.717) is 6.04 Å². The molecular weight excluding hydrogens is 224 g/mol. The highest BCUT2D eigenvalue weighted by Crippen LogP contribution is 2.23. The van der Waals surface area contributed by atoms with Gasteiger partial charge >= 0.3 is 0 Å². The number of hydrogen-bond acceptors (Lipinski definition) is 4. The highest BCUT2D eigenvalue weighted by molar-refractivity contribution is 5.42. The van der Waals surface area contributed by atoms with E-state index in [1.807, 2.05) is 0 Å². The van der Waals surface area contributed by atoms with E-state index in [1.54, 1.807) is 0 Å². The van der Waals surface area contributed by atoms with Gasteiger partial charge in [0.1, 0.15) is 0 Å². The van der Waals surface area contributed by atoms with Crippen LogP contribution in [-0.2, 0) is 12.8 Å². The second-order valence-corrected chi connectivity index (χ2v) is 5.56. The molecule has 1 aromatic heterocycles. The van der Waals surface area contributed by atoms with Gasteiger partial charge < -0.3 is 10.6 Å². The largest absolute Gasteiger partial charge is 0.355 e. The summed E-state index contributed by atoms with van der Waals surface area (Å²) in [5.41, 5.74) is 8.59. The first-order valence-corrected chi connectivity index (χ1v) is 7.19. The number of anilines is 1. The van der Waals surface area contributed by atoms with Crippen LogP contribution in [0.3, 0.4) is 0 Å². The minimum Gasteiger partial charge on any atom is -0.355 e. The van der Waals surface area contributed by atoms with Crippen LogP contribution in [0.2, 0.25) is 0 Å². The van der Waals surface area contributed by atoms with Crippen molar-refractivity contribution in [3.8, 4) is 0 Å². The molecule has 98 valence electrons. The van der Waals surface area contributed by atoms with E-state index in [4.69, 9.17) is 5.73 Å². The van der Waals surface area contributed by atoms with Crippen LogP contribution in [0.15, 0.2) is 6.07 Å². The van der Waals surface area contributed by atoms with Crippen LogP contribution >= 0.6 is 0 Å². The second kappa shape index (κ2) is 5.22. The average Bonchev–Trinajstić information content (AvgIpc) is 2.64. The summed E-state index contributed by atoms with van der Waals surface area (Å²) in [6.07, 6.45) is 8.29. The molecule has 0 saturated carbocycles. The zero-order chi connectivity index (χ0) is 12.4. The zero-order valence-corrected chi connectivity index (χ0v) is 10.9. The summed E-state index contributed by atoms with van der Waals surface area (Å²) in [4.78, 5) is 2.33. The molecule has 2 heterocycles. The van der Waals surface area contributed by atoms with Gasteiger partial charge in [0.25, 0.3) is 0 Å². The molecule has 3 rings (SSSR count). The number of piperidine rings is 1. The molecule has 0 spiro atoms.